The number of benzene rings is 1. The van der Waals surface area contributed by atoms with Crippen LogP contribution in [0.25, 0.3) is 0 Å². The molecule has 0 aliphatic heterocycles. The molecule has 1 unspecified atom stereocenters. The Kier molecular flexibility index (Phi) is 6.52. The predicted octanol–water partition coefficient (Wildman–Crippen LogP) is 2.04. The van der Waals surface area contributed by atoms with E-state index >= 15 is 0 Å². The lowest BCUT2D eigenvalue weighted by molar-refractivity contribution is -0.180. The number of halogens is 3. The van der Waals surface area contributed by atoms with Crippen LogP contribution in [0, 0.1) is 0 Å². The molecule has 0 saturated carbocycles. The Morgan fingerprint density at radius 3 is 2.22 bits per heavy atom. The zero-order valence-electron chi connectivity index (χ0n) is 12.6. The highest BCUT2D eigenvalue weighted by molar-refractivity contribution is 5.96. The highest BCUT2D eigenvalue weighted by atomic mass is 19.4. The number of amides is 1. The second-order valence-corrected chi connectivity index (χ2v) is 4.51. The monoisotopic (exact) mass is 334 g/mol. The third-order valence-corrected chi connectivity index (χ3v) is 2.92. The number of ether oxygens (including phenoxy) is 1. The highest BCUT2D eigenvalue weighted by Crippen LogP contribution is 2.25. The molecular formula is C14H17F3N2O4. The van der Waals surface area contributed by atoms with E-state index in [0.717, 1.165) is 12.1 Å². The lowest BCUT2D eigenvalue weighted by atomic mass is 10.2. The minimum absolute atomic E-state index is 0.0572. The lowest BCUT2D eigenvalue weighted by Gasteiger charge is -2.26. The number of nitrogens with two attached hydrogens (primary N) is 1. The zero-order chi connectivity index (χ0) is 17.6. The maximum Gasteiger partial charge on any atom is 0.473 e. The zero-order valence-corrected chi connectivity index (χ0v) is 12.6. The Bertz CT molecular complexity index is 542. The van der Waals surface area contributed by atoms with E-state index in [0.29, 0.717) is 6.42 Å². The van der Waals surface area contributed by atoms with Crippen LogP contribution in [-0.2, 0) is 14.4 Å². The third-order valence-electron chi connectivity index (χ3n) is 2.92. The van der Waals surface area contributed by atoms with Gasteiger partial charge < -0.3 is 10.5 Å². The van der Waals surface area contributed by atoms with Crippen molar-refractivity contribution in [2.45, 2.75) is 25.6 Å². The van der Waals surface area contributed by atoms with E-state index in [2.05, 4.69) is 4.74 Å². The van der Waals surface area contributed by atoms with Crippen molar-refractivity contribution in [2.24, 2.45) is 5.73 Å². The summed E-state index contributed by atoms with van der Waals surface area (Å²) in [7, 11) is 1.17. The van der Waals surface area contributed by atoms with Gasteiger partial charge in [-0.2, -0.15) is 18.2 Å². The lowest BCUT2D eigenvalue weighted by Crippen LogP contribution is -2.44. The minimum Gasteiger partial charge on any atom is -0.465 e. The highest BCUT2D eigenvalue weighted by Gasteiger charge is 2.44. The van der Waals surface area contributed by atoms with Crippen LogP contribution in [0.4, 0.5) is 18.9 Å². The fourth-order valence-corrected chi connectivity index (χ4v) is 1.63. The molecule has 0 saturated heterocycles. The van der Waals surface area contributed by atoms with Crippen LogP contribution in [-0.4, -0.2) is 37.8 Å². The van der Waals surface area contributed by atoms with Crippen molar-refractivity contribution in [1.29, 1.82) is 0 Å². The minimum atomic E-state index is -5.12. The summed E-state index contributed by atoms with van der Waals surface area (Å²) in [5, 5.41) is 0.141. The summed E-state index contributed by atoms with van der Waals surface area (Å²) in [5.74, 6) is -2.84. The van der Waals surface area contributed by atoms with Gasteiger partial charge in [0.15, 0.2) is 0 Å². The van der Waals surface area contributed by atoms with Crippen molar-refractivity contribution in [2.75, 3.05) is 18.7 Å². The standard InChI is InChI=1S/C14H17F3N2O4/c1-3-11(8-18)23-19(13(21)14(15,16)17)10-6-4-9(5-7-10)12(20)22-2/h4-7,11H,3,8,18H2,1-2H3. The first-order valence-corrected chi connectivity index (χ1v) is 6.71. The largest absolute Gasteiger partial charge is 0.473 e. The number of esters is 1. The van der Waals surface area contributed by atoms with Crippen molar-refractivity contribution < 1.29 is 32.3 Å². The quantitative estimate of drug-likeness (QED) is 0.636. The summed E-state index contributed by atoms with van der Waals surface area (Å²) < 4.78 is 42.7. The van der Waals surface area contributed by atoms with Crippen LogP contribution >= 0.6 is 0 Å². The van der Waals surface area contributed by atoms with Crippen LogP contribution in [0.5, 0.6) is 0 Å². The topological polar surface area (TPSA) is 81.9 Å². The molecule has 1 amide bonds. The van der Waals surface area contributed by atoms with E-state index in [4.69, 9.17) is 10.6 Å². The molecule has 0 radical (unpaired) electrons. The van der Waals surface area contributed by atoms with Crippen molar-refractivity contribution in [3.63, 3.8) is 0 Å². The molecule has 6 nitrogen and oxygen atoms in total. The molecule has 2 N–H and O–H groups in total. The Labute approximate surface area is 130 Å². The molecule has 0 fully saturated rings. The summed E-state index contributed by atoms with van der Waals surface area (Å²) >= 11 is 0. The Morgan fingerprint density at radius 1 is 1.26 bits per heavy atom. The average molecular weight is 334 g/mol. The molecular weight excluding hydrogens is 317 g/mol. The van der Waals surface area contributed by atoms with Gasteiger partial charge in [-0.05, 0) is 30.7 Å². The van der Waals surface area contributed by atoms with Crippen LogP contribution in [0.15, 0.2) is 24.3 Å². The van der Waals surface area contributed by atoms with Gasteiger partial charge in [0.1, 0.15) is 0 Å². The summed E-state index contributed by atoms with van der Waals surface area (Å²) in [6.45, 7) is 1.60. The number of hydrogen-bond acceptors (Lipinski definition) is 5. The molecule has 0 spiro atoms. The predicted molar refractivity (Wildman–Crippen MR) is 75.5 cm³/mol. The van der Waals surface area contributed by atoms with Crippen molar-refractivity contribution in [1.82, 2.24) is 0 Å². The molecule has 0 bridgehead atoms. The van der Waals surface area contributed by atoms with Crippen molar-refractivity contribution in [3.05, 3.63) is 29.8 Å². The van der Waals surface area contributed by atoms with Gasteiger partial charge in [0.2, 0.25) is 0 Å². The fourth-order valence-electron chi connectivity index (χ4n) is 1.63. The van der Waals surface area contributed by atoms with E-state index < -0.39 is 24.2 Å². The number of nitrogens with zero attached hydrogens (tertiary/aromatic N) is 1. The van der Waals surface area contributed by atoms with Crippen molar-refractivity contribution >= 4 is 17.6 Å². The van der Waals surface area contributed by atoms with Gasteiger partial charge in [0.05, 0.1) is 24.5 Å². The molecule has 128 valence electrons. The first kappa shape index (κ1) is 18.9. The Hall–Kier alpha value is -2.13. The maximum absolute atomic E-state index is 12.7. The normalized spacial score (nSPS) is 12.6. The van der Waals surface area contributed by atoms with Gasteiger partial charge in [0, 0.05) is 6.54 Å². The Morgan fingerprint density at radius 2 is 1.83 bits per heavy atom. The van der Waals surface area contributed by atoms with Gasteiger partial charge in [-0.1, -0.05) is 6.92 Å². The van der Waals surface area contributed by atoms with Gasteiger partial charge >= 0.3 is 18.1 Å². The number of hydrogen-bond donors (Lipinski definition) is 1. The van der Waals surface area contributed by atoms with E-state index in [1.165, 1.54) is 19.2 Å². The molecule has 0 aliphatic carbocycles. The Balaban J connectivity index is 3.13. The van der Waals surface area contributed by atoms with E-state index in [9.17, 15) is 22.8 Å². The molecule has 0 heterocycles. The first-order valence-electron chi connectivity index (χ1n) is 6.71. The number of alkyl halides is 3. The molecule has 1 atom stereocenters. The second-order valence-electron chi connectivity index (χ2n) is 4.51. The van der Waals surface area contributed by atoms with Crippen molar-refractivity contribution in [3.8, 4) is 0 Å². The number of carbonyl (C=O) groups is 2. The second kappa shape index (κ2) is 7.93. The summed E-state index contributed by atoms with van der Waals surface area (Å²) in [4.78, 5) is 28.0. The van der Waals surface area contributed by atoms with Crippen LogP contribution in [0.3, 0.4) is 0 Å². The number of hydroxylamine groups is 1. The average Bonchev–Trinajstić information content (AvgIpc) is 2.54. The first-order chi connectivity index (χ1) is 10.7. The maximum atomic E-state index is 12.7. The van der Waals surface area contributed by atoms with E-state index in [1.54, 1.807) is 6.92 Å². The summed E-state index contributed by atoms with van der Waals surface area (Å²) in [6.07, 6.45) is -5.56. The molecule has 9 heteroatoms. The van der Waals surface area contributed by atoms with Gasteiger partial charge in [-0.25, -0.2) is 4.79 Å². The van der Waals surface area contributed by atoms with Crippen LogP contribution in [0.2, 0.25) is 0 Å². The number of anilines is 1. The summed E-state index contributed by atoms with van der Waals surface area (Å²) in [6, 6.07) is 4.76. The van der Waals surface area contributed by atoms with E-state index in [1.807, 2.05) is 0 Å². The molecule has 0 aromatic heterocycles. The smallest absolute Gasteiger partial charge is 0.465 e. The molecule has 1 aromatic rings. The van der Waals surface area contributed by atoms with Gasteiger partial charge in [-0.3, -0.25) is 9.63 Å². The molecule has 0 aliphatic rings. The third kappa shape index (κ3) is 4.93. The van der Waals surface area contributed by atoms with Gasteiger partial charge in [-0.15, -0.1) is 0 Å². The molecule has 23 heavy (non-hydrogen) atoms. The summed E-state index contributed by atoms with van der Waals surface area (Å²) in [5.41, 5.74) is 5.35. The molecule has 1 aromatic carbocycles. The fraction of sp³-hybridized carbons (Fsp3) is 0.429. The number of carbonyl (C=O) groups excluding carboxylic acids is 2. The van der Waals surface area contributed by atoms with Gasteiger partial charge in [0.25, 0.3) is 0 Å². The number of methoxy groups -OCH3 is 1. The van der Waals surface area contributed by atoms with Crippen LogP contribution in [0.1, 0.15) is 23.7 Å². The number of rotatable bonds is 6. The van der Waals surface area contributed by atoms with Crippen LogP contribution < -0.4 is 10.8 Å². The SMILES string of the molecule is CCC(CN)ON(C(=O)C(F)(F)F)c1ccc(C(=O)OC)cc1. The molecule has 1 rings (SSSR count). The van der Waals surface area contributed by atoms with E-state index in [-0.39, 0.29) is 22.9 Å².